The molecule has 2 unspecified atom stereocenters. The van der Waals surface area contributed by atoms with Crippen LogP contribution in [0.4, 0.5) is 9.59 Å². The number of hydrogen-bond acceptors (Lipinski definition) is 4. The van der Waals surface area contributed by atoms with E-state index in [1.54, 1.807) is 0 Å². The molecule has 8 heteroatoms. The van der Waals surface area contributed by atoms with Crippen LogP contribution in [0, 0.1) is 0 Å². The van der Waals surface area contributed by atoms with Crippen LogP contribution in [0.25, 0.3) is 0 Å². The average molecular weight is 204 g/mol. The third-order valence-corrected chi connectivity index (χ3v) is 1.55. The molecule has 4 amide bonds. The van der Waals surface area contributed by atoms with Gasteiger partial charge in [0.1, 0.15) is 0 Å². The van der Waals surface area contributed by atoms with Crippen molar-refractivity contribution in [3.63, 3.8) is 0 Å². The molecule has 2 atom stereocenters. The highest BCUT2D eigenvalue weighted by atomic mass is 16.4. The molecule has 0 bridgehead atoms. The van der Waals surface area contributed by atoms with E-state index in [4.69, 9.17) is 10.2 Å². The van der Waals surface area contributed by atoms with Crippen molar-refractivity contribution >= 4 is 12.1 Å². The van der Waals surface area contributed by atoms with Crippen LogP contribution in [0.5, 0.6) is 0 Å². The molecule has 0 spiro atoms. The van der Waals surface area contributed by atoms with E-state index < -0.39 is 18.5 Å². The van der Waals surface area contributed by atoms with Crippen molar-refractivity contribution < 1.29 is 19.8 Å². The molecule has 2 heterocycles. The predicted molar refractivity (Wildman–Crippen MR) is 45.1 cm³/mol. The van der Waals surface area contributed by atoms with Crippen LogP contribution in [-0.2, 0) is 0 Å². The highest BCUT2D eigenvalue weighted by Gasteiger charge is 2.26. The maximum Gasteiger partial charge on any atom is 0.319 e. The molecule has 2 fully saturated rings. The van der Waals surface area contributed by atoms with E-state index in [9.17, 15) is 9.59 Å². The molecule has 14 heavy (non-hydrogen) atoms. The van der Waals surface area contributed by atoms with E-state index in [1.807, 2.05) is 10.6 Å². The number of aliphatic hydroxyl groups excluding tert-OH is 2. The summed E-state index contributed by atoms with van der Waals surface area (Å²) < 4.78 is 0. The number of carbonyl (C=O) groups is 2. The van der Waals surface area contributed by atoms with Crippen LogP contribution in [0.15, 0.2) is 0 Å². The van der Waals surface area contributed by atoms with Gasteiger partial charge in [0.25, 0.3) is 0 Å². The predicted octanol–water partition coefficient (Wildman–Crippen LogP) is -2.76. The molecule has 80 valence electrons. The van der Waals surface area contributed by atoms with E-state index in [0.29, 0.717) is 0 Å². The normalized spacial score (nSPS) is 29.3. The first-order valence-corrected chi connectivity index (χ1v) is 4.04. The van der Waals surface area contributed by atoms with E-state index in [-0.39, 0.29) is 6.03 Å². The summed E-state index contributed by atoms with van der Waals surface area (Å²) in [4.78, 5) is 20.1. The molecule has 0 radical (unpaired) electrons. The van der Waals surface area contributed by atoms with E-state index in [1.165, 1.54) is 0 Å². The number of amides is 4. The molecular weight excluding hydrogens is 192 g/mol. The highest BCUT2D eigenvalue weighted by Crippen LogP contribution is 1.91. The molecule has 6 N–H and O–H groups in total. The summed E-state index contributed by atoms with van der Waals surface area (Å²) in [5.74, 6) is 0. The second-order valence-electron chi connectivity index (χ2n) is 2.69. The van der Waals surface area contributed by atoms with Gasteiger partial charge in [-0.05, 0) is 0 Å². The van der Waals surface area contributed by atoms with Crippen LogP contribution in [0.1, 0.15) is 0 Å². The zero-order valence-corrected chi connectivity index (χ0v) is 7.28. The number of hydrogen-bond donors (Lipinski definition) is 6. The van der Waals surface area contributed by atoms with Gasteiger partial charge in [-0.1, -0.05) is 0 Å². The molecular formula is C6H12N4O4. The lowest BCUT2D eigenvalue weighted by atomic mass is 10.5. The van der Waals surface area contributed by atoms with E-state index in [2.05, 4.69) is 10.6 Å². The van der Waals surface area contributed by atoms with Gasteiger partial charge in [0.2, 0.25) is 0 Å². The lowest BCUT2D eigenvalue weighted by molar-refractivity contribution is 0.0215. The minimum atomic E-state index is -1.16. The van der Waals surface area contributed by atoms with Crippen LogP contribution >= 0.6 is 0 Å². The number of urea groups is 2. The van der Waals surface area contributed by atoms with Gasteiger partial charge in [-0.2, -0.15) is 0 Å². The number of aliphatic hydroxyl groups is 2. The summed E-state index contributed by atoms with van der Waals surface area (Å²) in [6.07, 6.45) is -2.33. The van der Waals surface area contributed by atoms with Gasteiger partial charge in [0.15, 0.2) is 12.5 Å². The molecule has 0 aromatic carbocycles. The molecule has 0 aliphatic carbocycles. The van der Waals surface area contributed by atoms with Gasteiger partial charge in [0.05, 0.1) is 0 Å². The Morgan fingerprint density at radius 3 is 1.50 bits per heavy atom. The third kappa shape index (κ3) is 3.07. The Balaban J connectivity index is 0.000000146. The van der Waals surface area contributed by atoms with Gasteiger partial charge in [-0.25, -0.2) is 9.59 Å². The summed E-state index contributed by atoms with van der Waals surface area (Å²) in [7, 11) is 0. The Bertz CT molecular complexity index is 214. The highest BCUT2D eigenvalue weighted by molar-refractivity contribution is 5.76. The van der Waals surface area contributed by atoms with Crippen molar-refractivity contribution in [2.24, 2.45) is 0 Å². The van der Waals surface area contributed by atoms with Crippen LogP contribution in [0.2, 0.25) is 0 Å². The van der Waals surface area contributed by atoms with Gasteiger partial charge < -0.3 is 31.5 Å². The second-order valence-corrected chi connectivity index (χ2v) is 2.69. The van der Waals surface area contributed by atoms with Gasteiger partial charge in [0, 0.05) is 13.1 Å². The third-order valence-electron chi connectivity index (χ3n) is 1.55. The minimum absolute atomic E-state index is 0.0463. The summed E-state index contributed by atoms with van der Waals surface area (Å²) in [5.41, 5.74) is 0. The first kappa shape index (κ1) is 10.5. The Labute approximate surface area is 79.7 Å². The zero-order chi connectivity index (χ0) is 10.6. The van der Waals surface area contributed by atoms with Gasteiger partial charge in [-0.15, -0.1) is 0 Å². The van der Waals surface area contributed by atoms with Crippen molar-refractivity contribution in [2.45, 2.75) is 12.5 Å². The first-order chi connectivity index (χ1) is 6.59. The quantitative estimate of drug-likeness (QED) is 0.256. The summed E-state index contributed by atoms with van der Waals surface area (Å²) in [6, 6.07) is -0.597. The van der Waals surface area contributed by atoms with E-state index in [0.717, 1.165) is 13.1 Å². The molecule has 2 aliphatic heterocycles. The van der Waals surface area contributed by atoms with Crippen molar-refractivity contribution in [1.29, 1.82) is 0 Å². The molecule has 0 aromatic rings. The lowest BCUT2D eigenvalue weighted by Gasteiger charge is -2.02. The van der Waals surface area contributed by atoms with Gasteiger partial charge in [-0.3, -0.25) is 0 Å². The monoisotopic (exact) mass is 204 g/mol. The Hall–Kier alpha value is -1.54. The summed E-state index contributed by atoms with van der Waals surface area (Å²) in [6.45, 7) is 1.55. The van der Waals surface area contributed by atoms with Crippen molar-refractivity contribution in [3.8, 4) is 0 Å². The number of carbonyl (C=O) groups excluding carboxylic acids is 2. The molecule has 2 rings (SSSR count). The van der Waals surface area contributed by atoms with Crippen LogP contribution in [-0.4, -0.2) is 47.8 Å². The SMILES string of the molecule is O=C1NC(O)C(O)N1.O=C1NCCN1. The molecule has 8 nitrogen and oxygen atoms in total. The fourth-order valence-corrected chi connectivity index (χ4v) is 0.883. The molecule has 2 saturated heterocycles. The standard InChI is InChI=1S/C3H6N2O3.C3H6N2O/c6-1-2(7)5-3(8)4-1;6-3-4-1-2-5-3/h1-2,6-7H,(H2,4,5,8);1-2H2,(H2,4,5,6). The maximum atomic E-state index is 10.1. The number of nitrogens with one attached hydrogen (secondary N) is 4. The topological polar surface area (TPSA) is 123 Å². The summed E-state index contributed by atoms with van der Waals surface area (Å²) in [5, 5.41) is 26.2. The average Bonchev–Trinajstić information content (AvgIpc) is 2.65. The smallest absolute Gasteiger partial charge is 0.319 e. The molecule has 0 saturated carbocycles. The summed E-state index contributed by atoms with van der Waals surface area (Å²) >= 11 is 0. The van der Waals surface area contributed by atoms with Gasteiger partial charge >= 0.3 is 12.1 Å². The maximum absolute atomic E-state index is 10.1. The largest absolute Gasteiger partial charge is 0.369 e. The fourth-order valence-electron chi connectivity index (χ4n) is 0.883. The van der Waals surface area contributed by atoms with Crippen molar-refractivity contribution in [1.82, 2.24) is 21.3 Å². The Kier molecular flexibility index (Phi) is 3.48. The second kappa shape index (κ2) is 4.63. The fraction of sp³-hybridized carbons (Fsp3) is 0.667. The molecule has 2 aliphatic rings. The van der Waals surface area contributed by atoms with Crippen LogP contribution < -0.4 is 21.3 Å². The Morgan fingerprint density at radius 1 is 0.929 bits per heavy atom. The van der Waals surface area contributed by atoms with Crippen molar-refractivity contribution in [3.05, 3.63) is 0 Å². The van der Waals surface area contributed by atoms with Crippen LogP contribution in [0.3, 0.4) is 0 Å². The first-order valence-electron chi connectivity index (χ1n) is 4.04. The minimum Gasteiger partial charge on any atom is -0.369 e. The Morgan fingerprint density at radius 2 is 1.36 bits per heavy atom. The zero-order valence-electron chi connectivity index (χ0n) is 7.28. The lowest BCUT2D eigenvalue weighted by Crippen LogP contribution is -2.32. The van der Waals surface area contributed by atoms with E-state index >= 15 is 0 Å². The number of rotatable bonds is 0. The van der Waals surface area contributed by atoms with Crippen molar-refractivity contribution in [2.75, 3.05) is 13.1 Å². The molecule has 0 aromatic heterocycles.